The van der Waals surface area contributed by atoms with Crippen molar-refractivity contribution in [1.29, 1.82) is 0 Å². The predicted molar refractivity (Wildman–Crippen MR) is 119 cm³/mol. The fraction of sp³-hybridized carbons (Fsp3) is 0.192. The zero-order valence-corrected chi connectivity index (χ0v) is 16.4. The fourth-order valence-corrected chi connectivity index (χ4v) is 3.24. The molecule has 0 aromatic heterocycles. The minimum atomic E-state index is 0. The van der Waals surface area contributed by atoms with Crippen LogP contribution in [-0.4, -0.2) is 11.8 Å². The van der Waals surface area contributed by atoms with Crippen molar-refractivity contribution >= 4 is 12.4 Å². The molecular formula is C26H28O2. The summed E-state index contributed by atoms with van der Waals surface area (Å²) in [6.45, 7) is 2.24. The van der Waals surface area contributed by atoms with Crippen molar-refractivity contribution in [2.24, 2.45) is 0 Å². The van der Waals surface area contributed by atoms with Crippen LogP contribution in [0, 0.1) is 0 Å². The second-order valence-electron chi connectivity index (χ2n) is 6.85. The molecule has 2 nitrogen and oxygen atoms in total. The third kappa shape index (κ3) is 5.77. The van der Waals surface area contributed by atoms with E-state index in [1.165, 1.54) is 59.6 Å². The van der Waals surface area contributed by atoms with Gasteiger partial charge in [-0.05, 0) is 52.3 Å². The van der Waals surface area contributed by atoms with Gasteiger partial charge in [0.05, 0.1) is 0 Å². The van der Waals surface area contributed by atoms with Crippen molar-refractivity contribution in [1.82, 2.24) is 0 Å². The normalized spacial score (nSPS) is 10.6. The van der Waals surface area contributed by atoms with Crippen molar-refractivity contribution in [3.63, 3.8) is 0 Å². The highest BCUT2D eigenvalue weighted by Crippen LogP contribution is 2.26. The Labute approximate surface area is 167 Å². The molecule has 0 radical (unpaired) electrons. The van der Waals surface area contributed by atoms with Gasteiger partial charge in [-0.15, -0.1) is 0 Å². The molecule has 0 heterocycles. The lowest BCUT2D eigenvalue weighted by molar-refractivity contribution is -0.104. The van der Waals surface area contributed by atoms with Gasteiger partial charge in [0.2, 0.25) is 0 Å². The molecule has 0 fully saturated rings. The molecule has 0 spiro atoms. The van der Waals surface area contributed by atoms with Gasteiger partial charge in [0, 0.05) is 0 Å². The molecule has 0 aliphatic carbocycles. The number of unbranched alkanes of at least 4 members (excludes halogenated alkanes) is 2. The standard InChI is InChI=1S/C26H26O.H2O/c1-2-3-4-6-21-8-12-23(13-9-21)25-16-18-26(19-17-25)24-14-10-22(11-15-24)7-5-20-27;/h5,7-20H,2-4,6H2,1H3;1H2. The second kappa shape index (κ2) is 11.0. The van der Waals surface area contributed by atoms with E-state index < -0.39 is 0 Å². The Hall–Kier alpha value is -2.97. The molecule has 144 valence electrons. The van der Waals surface area contributed by atoms with E-state index in [-0.39, 0.29) is 5.48 Å². The molecule has 0 bridgehead atoms. The van der Waals surface area contributed by atoms with Crippen LogP contribution < -0.4 is 0 Å². The highest BCUT2D eigenvalue weighted by Gasteiger charge is 2.01. The summed E-state index contributed by atoms with van der Waals surface area (Å²) in [6.07, 6.45) is 9.13. The van der Waals surface area contributed by atoms with E-state index in [0.29, 0.717) is 0 Å². The third-order valence-corrected chi connectivity index (χ3v) is 4.85. The molecule has 28 heavy (non-hydrogen) atoms. The van der Waals surface area contributed by atoms with Gasteiger partial charge in [-0.3, -0.25) is 4.79 Å². The zero-order chi connectivity index (χ0) is 18.9. The molecule has 0 aliphatic rings. The maximum atomic E-state index is 10.4. The molecule has 3 rings (SSSR count). The molecule has 2 heteroatoms. The van der Waals surface area contributed by atoms with E-state index in [1.54, 1.807) is 0 Å². The summed E-state index contributed by atoms with van der Waals surface area (Å²) in [7, 11) is 0. The molecule has 2 N–H and O–H groups in total. The molecular weight excluding hydrogens is 344 g/mol. The average molecular weight is 373 g/mol. The SMILES string of the molecule is CCCCCc1ccc(-c2ccc(-c3ccc(C=CC=O)cc3)cc2)cc1.O. The van der Waals surface area contributed by atoms with E-state index in [1.807, 2.05) is 18.2 Å². The minimum absolute atomic E-state index is 0. The molecule has 0 aliphatic heterocycles. The summed E-state index contributed by atoms with van der Waals surface area (Å²) in [5.74, 6) is 0. The van der Waals surface area contributed by atoms with Crippen LogP contribution in [0.1, 0.15) is 37.3 Å². The summed E-state index contributed by atoms with van der Waals surface area (Å²) in [5, 5.41) is 0. The van der Waals surface area contributed by atoms with Gasteiger partial charge in [-0.25, -0.2) is 0 Å². The van der Waals surface area contributed by atoms with Gasteiger partial charge in [-0.2, -0.15) is 0 Å². The topological polar surface area (TPSA) is 48.6 Å². The lowest BCUT2D eigenvalue weighted by Crippen LogP contribution is -1.86. The minimum Gasteiger partial charge on any atom is -0.412 e. The average Bonchev–Trinajstić information content (AvgIpc) is 2.73. The van der Waals surface area contributed by atoms with Crippen molar-refractivity contribution in [2.75, 3.05) is 0 Å². The molecule has 0 saturated carbocycles. The summed E-state index contributed by atoms with van der Waals surface area (Å²) < 4.78 is 0. The number of benzene rings is 3. The molecule has 3 aromatic rings. The van der Waals surface area contributed by atoms with E-state index in [0.717, 1.165) is 11.8 Å². The van der Waals surface area contributed by atoms with E-state index in [2.05, 4.69) is 67.6 Å². The van der Waals surface area contributed by atoms with Crippen molar-refractivity contribution in [3.8, 4) is 22.3 Å². The number of allylic oxidation sites excluding steroid dienone is 1. The van der Waals surface area contributed by atoms with E-state index in [9.17, 15) is 4.79 Å². The van der Waals surface area contributed by atoms with E-state index in [4.69, 9.17) is 0 Å². The molecule has 0 saturated heterocycles. The fourth-order valence-electron chi connectivity index (χ4n) is 3.24. The van der Waals surface area contributed by atoms with Gasteiger partial charge < -0.3 is 5.48 Å². The summed E-state index contributed by atoms with van der Waals surface area (Å²) >= 11 is 0. The van der Waals surface area contributed by atoms with Crippen molar-refractivity contribution in [3.05, 3.63) is 90.0 Å². The first-order valence-corrected chi connectivity index (χ1v) is 9.72. The monoisotopic (exact) mass is 372 g/mol. The van der Waals surface area contributed by atoms with Gasteiger partial charge in [0.15, 0.2) is 0 Å². The highest BCUT2D eigenvalue weighted by atomic mass is 16.1. The first-order chi connectivity index (χ1) is 13.3. The van der Waals surface area contributed by atoms with E-state index >= 15 is 0 Å². The Kier molecular flexibility index (Phi) is 8.38. The zero-order valence-electron chi connectivity index (χ0n) is 16.4. The predicted octanol–water partition coefficient (Wildman–Crippen LogP) is 6.14. The van der Waals surface area contributed by atoms with Crippen molar-refractivity contribution in [2.45, 2.75) is 32.6 Å². The van der Waals surface area contributed by atoms with Crippen LogP contribution in [0.5, 0.6) is 0 Å². The van der Waals surface area contributed by atoms with Crippen LogP contribution >= 0.6 is 0 Å². The number of carbonyl (C=O) groups is 1. The molecule has 3 aromatic carbocycles. The van der Waals surface area contributed by atoms with Crippen LogP contribution in [0.2, 0.25) is 0 Å². The summed E-state index contributed by atoms with van der Waals surface area (Å²) in [4.78, 5) is 10.4. The Morgan fingerprint density at radius 3 is 1.61 bits per heavy atom. The Morgan fingerprint density at radius 1 is 0.679 bits per heavy atom. The molecule has 0 unspecified atom stereocenters. The number of aldehydes is 1. The molecule has 0 amide bonds. The number of hydrogen-bond donors (Lipinski definition) is 0. The van der Waals surface area contributed by atoms with Crippen molar-refractivity contribution < 1.29 is 10.3 Å². The lowest BCUT2D eigenvalue weighted by Gasteiger charge is -2.07. The number of rotatable bonds is 8. The van der Waals surface area contributed by atoms with Gasteiger partial charge in [0.1, 0.15) is 6.29 Å². The van der Waals surface area contributed by atoms with Crippen LogP contribution in [0.3, 0.4) is 0 Å². The second-order valence-corrected chi connectivity index (χ2v) is 6.85. The first kappa shape index (κ1) is 21.3. The largest absolute Gasteiger partial charge is 0.412 e. The molecule has 0 atom stereocenters. The summed E-state index contributed by atoms with van der Waals surface area (Å²) in [5.41, 5.74) is 7.32. The maximum Gasteiger partial charge on any atom is 0.142 e. The maximum absolute atomic E-state index is 10.4. The number of carbonyl (C=O) groups excluding carboxylic acids is 1. The van der Waals surface area contributed by atoms with Gasteiger partial charge >= 0.3 is 0 Å². The van der Waals surface area contributed by atoms with Crippen LogP contribution in [-0.2, 0) is 11.2 Å². The van der Waals surface area contributed by atoms with Crippen LogP contribution in [0.4, 0.5) is 0 Å². The van der Waals surface area contributed by atoms with Crippen LogP contribution in [0.15, 0.2) is 78.9 Å². The first-order valence-electron chi connectivity index (χ1n) is 9.72. The number of hydrogen-bond acceptors (Lipinski definition) is 1. The highest BCUT2D eigenvalue weighted by molar-refractivity contribution is 5.75. The number of aryl methyl sites for hydroxylation is 1. The smallest absolute Gasteiger partial charge is 0.142 e. The Bertz CT molecular complexity index is 873. The van der Waals surface area contributed by atoms with Gasteiger partial charge in [-0.1, -0.05) is 98.6 Å². The summed E-state index contributed by atoms with van der Waals surface area (Å²) in [6, 6.07) is 25.9. The van der Waals surface area contributed by atoms with Crippen LogP contribution in [0.25, 0.3) is 28.3 Å². The van der Waals surface area contributed by atoms with Gasteiger partial charge in [0.25, 0.3) is 0 Å². The third-order valence-electron chi connectivity index (χ3n) is 4.85. The Balaban J connectivity index is 0.00000280. The quantitative estimate of drug-likeness (QED) is 0.266. The lowest BCUT2D eigenvalue weighted by atomic mass is 9.98. The Morgan fingerprint density at radius 2 is 1.14 bits per heavy atom.